The molecule has 2 aliphatic heterocycles. The maximum atomic E-state index is 11.7. The molecular formula is C17H20Br2N2O4. The second-order valence-corrected chi connectivity index (χ2v) is 8.13. The van der Waals surface area contributed by atoms with Crippen LogP contribution in [0.5, 0.6) is 0 Å². The van der Waals surface area contributed by atoms with Crippen molar-refractivity contribution in [2.45, 2.75) is 18.3 Å². The van der Waals surface area contributed by atoms with E-state index in [1.54, 1.807) is 0 Å². The van der Waals surface area contributed by atoms with Crippen LogP contribution in [0.25, 0.3) is 0 Å². The third kappa shape index (κ3) is 3.38. The van der Waals surface area contributed by atoms with Gasteiger partial charge in [0.15, 0.2) is 0 Å². The Morgan fingerprint density at radius 1 is 1.16 bits per heavy atom. The SMILES string of the molecule is O=C(O)N1CCC2(C1)CN(C(=O)O)c1ccc(CC(CBr)CBr)cc12. The highest BCUT2D eigenvalue weighted by molar-refractivity contribution is 9.09. The highest BCUT2D eigenvalue weighted by Gasteiger charge is 2.50. The standard InChI is InChI=1S/C17H20Br2N2O4/c18-7-12(8-19)5-11-1-2-14-13(6-11)17(10-21(14)16(24)25)3-4-20(9-17)15(22)23/h1-2,6,12H,3-5,7-10H2,(H,22,23)(H,24,25). The molecular weight excluding hydrogens is 456 g/mol. The monoisotopic (exact) mass is 474 g/mol. The fourth-order valence-corrected chi connectivity index (χ4v) is 5.41. The van der Waals surface area contributed by atoms with Crippen molar-refractivity contribution in [3.05, 3.63) is 29.3 Å². The van der Waals surface area contributed by atoms with E-state index in [9.17, 15) is 19.8 Å². The van der Waals surface area contributed by atoms with E-state index in [4.69, 9.17) is 0 Å². The van der Waals surface area contributed by atoms with Crippen LogP contribution in [-0.4, -0.2) is 57.6 Å². The molecule has 3 rings (SSSR count). The van der Waals surface area contributed by atoms with Gasteiger partial charge in [0.1, 0.15) is 0 Å². The number of carboxylic acid groups (broad SMARTS) is 2. The largest absolute Gasteiger partial charge is 0.465 e. The van der Waals surface area contributed by atoms with Gasteiger partial charge in [-0.2, -0.15) is 0 Å². The van der Waals surface area contributed by atoms with Crippen molar-refractivity contribution >= 4 is 49.7 Å². The molecule has 1 aromatic carbocycles. The molecule has 0 radical (unpaired) electrons. The first-order valence-corrected chi connectivity index (χ1v) is 10.4. The molecule has 1 aromatic rings. The molecule has 2 N–H and O–H groups in total. The maximum absolute atomic E-state index is 11.7. The van der Waals surface area contributed by atoms with Gasteiger partial charge in [-0.25, -0.2) is 9.59 Å². The Balaban J connectivity index is 1.97. The molecule has 1 spiro atoms. The second-order valence-electron chi connectivity index (χ2n) is 6.83. The summed E-state index contributed by atoms with van der Waals surface area (Å²) in [5.41, 5.74) is 2.39. The molecule has 136 valence electrons. The lowest BCUT2D eigenvalue weighted by molar-refractivity contribution is 0.153. The van der Waals surface area contributed by atoms with Crippen LogP contribution in [0.2, 0.25) is 0 Å². The minimum atomic E-state index is -0.988. The summed E-state index contributed by atoms with van der Waals surface area (Å²) in [5.74, 6) is 0.449. The van der Waals surface area contributed by atoms with Crippen LogP contribution >= 0.6 is 31.9 Å². The number of fused-ring (bicyclic) bond motifs is 2. The minimum absolute atomic E-state index is 0.325. The van der Waals surface area contributed by atoms with Crippen molar-refractivity contribution in [1.82, 2.24) is 4.90 Å². The molecule has 1 atom stereocenters. The minimum Gasteiger partial charge on any atom is -0.465 e. The zero-order valence-electron chi connectivity index (χ0n) is 13.6. The highest BCUT2D eigenvalue weighted by Crippen LogP contribution is 2.47. The van der Waals surface area contributed by atoms with Gasteiger partial charge in [0, 0.05) is 35.7 Å². The van der Waals surface area contributed by atoms with Gasteiger partial charge in [0.05, 0.1) is 5.69 Å². The molecule has 25 heavy (non-hydrogen) atoms. The molecule has 1 unspecified atom stereocenters. The summed E-state index contributed by atoms with van der Waals surface area (Å²) in [6.07, 6.45) is -0.393. The van der Waals surface area contributed by atoms with Gasteiger partial charge in [-0.05, 0) is 36.0 Å². The van der Waals surface area contributed by atoms with Crippen molar-refractivity contribution in [2.24, 2.45) is 5.92 Å². The molecule has 2 heterocycles. The van der Waals surface area contributed by atoms with Gasteiger partial charge in [0.25, 0.3) is 0 Å². The molecule has 0 aliphatic carbocycles. The Morgan fingerprint density at radius 2 is 1.88 bits per heavy atom. The van der Waals surface area contributed by atoms with E-state index < -0.39 is 17.6 Å². The number of rotatable bonds is 4. The summed E-state index contributed by atoms with van der Waals surface area (Å²) in [4.78, 5) is 25.8. The molecule has 6 nitrogen and oxygen atoms in total. The zero-order valence-corrected chi connectivity index (χ0v) is 16.8. The van der Waals surface area contributed by atoms with E-state index in [0.717, 1.165) is 28.2 Å². The van der Waals surface area contributed by atoms with Gasteiger partial charge in [-0.15, -0.1) is 0 Å². The van der Waals surface area contributed by atoms with Crippen molar-refractivity contribution in [3.63, 3.8) is 0 Å². The smallest absolute Gasteiger partial charge is 0.411 e. The average molecular weight is 476 g/mol. The molecule has 0 bridgehead atoms. The lowest BCUT2D eigenvalue weighted by atomic mass is 9.80. The van der Waals surface area contributed by atoms with Crippen molar-refractivity contribution in [1.29, 1.82) is 0 Å². The lowest BCUT2D eigenvalue weighted by Crippen LogP contribution is -2.39. The van der Waals surface area contributed by atoms with Gasteiger partial charge in [-0.3, -0.25) is 4.90 Å². The molecule has 0 saturated carbocycles. The van der Waals surface area contributed by atoms with E-state index in [0.29, 0.717) is 37.7 Å². The molecule has 2 aliphatic rings. The number of hydrogen-bond donors (Lipinski definition) is 2. The number of benzene rings is 1. The summed E-state index contributed by atoms with van der Waals surface area (Å²) in [6, 6.07) is 5.94. The van der Waals surface area contributed by atoms with Crippen LogP contribution in [0.3, 0.4) is 0 Å². The quantitative estimate of drug-likeness (QED) is 0.649. The van der Waals surface area contributed by atoms with Crippen molar-refractivity contribution in [3.8, 4) is 0 Å². The zero-order chi connectivity index (χ0) is 18.2. The van der Waals surface area contributed by atoms with Crippen LogP contribution < -0.4 is 4.90 Å². The third-order valence-electron chi connectivity index (χ3n) is 5.20. The topological polar surface area (TPSA) is 81.1 Å². The number of amides is 2. The summed E-state index contributed by atoms with van der Waals surface area (Å²) >= 11 is 7.04. The van der Waals surface area contributed by atoms with Gasteiger partial charge in [-0.1, -0.05) is 44.0 Å². The fraction of sp³-hybridized carbons (Fsp3) is 0.529. The molecule has 8 heteroatoms. The number of hydrogen-bond acceptors (Lipinski definition) is 2. The summed E-state index contributed by atoms with van der Waals surface area (Å²) in [6.45, 7) is 1.12. The average Bonchev–Trinajstić information content (AvgIpc) is 3.16. The summed E-state index contributed by atoms with van der Waals surface area (Å²) in [7, 11) is 0. The van der Waals surface area contributed by atoms with E-state index in [-0.39, 0.29) is 0 Å². The second kappa shape index (κ2) is 7.15. The van der Waals surface area contributed by atoms with Crippen LogP contribution in [0, 0.1) is 5.92 Å². The first-order valence-electron chi connectivity index (χ1n) is 8.14. The predicted octanol–water partition coefficient (Wildman–Crippen LogP) is 3.75. The summed E-state index contributed by atoms with van der Waals surface area (Å²) < 4.78 is 0. The Kier molecular flexibility index (Phi) is 5.29. The number of alkyl halides is 2. The van der Waals surface area contributed by atoms with E-state index in [1.807, 2.05) is 12.1 Å². The predicted molar refractivity (Wildman–Crippen MR) is 102 cm³/mol. The Bertz CT molecular complexity index is 695. The van der Waals surface area contributed by atoms with Crippen LogP contribution in [0.4, 0.5) is 15.3 Å². The van der Waals surface area contributed by atoms with Crippen LogP contribution in [-0.2, 0) is 11.8 Å². The molecule has 1 fully saturated rings. The first-order chi connectivity index (χ1) is 11.9. The van der Waals surface area contributed by atoms with Gasteiger partial charge >= 0.3 is 12.2 Å². The Hall–Kier alpha value is -1.28. The van der Waals surface area contributed by atoms with E-state index >= 15 is 0 Å². The Morgan fingerprint density at radius 3 is 2.44 bits per heavy atom. The van der Waals surface area contributed by atoms with Crippen molar-refractivity contribution < 1.29 is 19.8 Å². The Labute approximate surface area is 163 Å². The third-order valence-corrected chi connectivity index (χ3v) is 7.03. The molecule has 1 saturated heterocycles. The van der Waals surface area contributed by atoms with E-state index in [2.05, 4.69) is 37.9 Å². The van der Waals surface area contributed by atoms with Crippen LogP contribution in [0.15, 0.2) is 18.2 Å². The number of halogens is 2. The highest BCUT2D eigenvalue weighted by atomic mass is 79.9. The van der Waals surface area contributed by atoms with Gasteiger partial charge < -0.3 is 15.1 Å². The molecule has 0 aromatic heterocycles. The molecule has 2 amide bonds. The number of anilines is 1. The number of carbonyl (C=O) groups is 2. The number of likely N-dealkylation sites (tertiary alicyclic amines) is 1. The number of nitrogens with zero attached hydrogens (tertiary/aromatic N) is 2. The lowest BCUT2D eigenvalue weighted by Gasteiger charge is -2.24. The maximum Gasteiger partial charge on any atom is 0.411 e. The summed E-state index contributed by atoms with van der Waals surface area (Å²) in [5, 5.41) is 20.6. The first kappa shape index (κ1) is 18.5. The van der Waals surface area contributed by atoms with E-state index in [1.165, 1.54) is 9.80 Å². The van der Waals surface area contributed by atoms with Crippen molar-refractivity contribution in [2.75, 3.05) is 35.2 Å². The van der Waals surface area contributed by atoms with Gasteiger partial charge in [0.2, 0.25) is 0 Å². The van der Waals surface area contributed by atoms with Crippen LogP contribution in [0.1, 0.15) is 17.5 Å². The fourth-order valence-electron chi connectivity index (χ4n) is 3.88. The normalized spacial score (nSPS) is 22.0.